The number of amides is 1. The average Bonchev–Trinajstić information content (AvgIpc) is 3.15. The highest BCUT2D eigenvalue weighted by Crippen LogP contribution is 2.35. The van der Waals surface area contributed by atoms with Gasteiger partial charge in [-0.25, -0.2) is 0 Å². The van der Waals surface area contributed by atoms with E-state index in [9.17, 15) is 9.59 Å². The first-order valence-electron chi connectivity index (χ1n) is 7.89. The number of carbonyl (C=O) groups is 1. The maximum absolute atomic E-state index is 13.2. The second kappa shape index (κ2) is 5.49. The van der Waals surface area contributed by atoms with Gasteiger partial charge in [-0.1, -0.05) is 18.2 Å². The third-order valence-electron chi connectivity index (χ3n) is 4.79. The highest BCUT2D eigenvalue weighted by molar-refractivity contribution is 7.13. The Balaban J connectivity index is 1.82. The zero-order valence-corrected chi connectivity index (χ0v) is 13.8. The standard InChI is InChI=1S/C18H18N2O2S/c1-19-11-15(14(10-17(19)21)16-6-3-9-23-16)18(22)20-12-4-2-5-13(20)8-7-12/h2-4,6,9-13H,5,7-8H2,1H3. The highest BCUT2D eigenvalue weighted by Gasteiger charge is 2.38. The van der Waals surface area contributed by atoms with Gasteiger partial charge in [0.1, 0.15) is 0 Å². The van der Waals surface area contributed by atoms with Gasteiger partial charge in [0.15, 0.2) is 0 Å². The van der Waals surface area contributed by atoms with Crippen LogP contribution in [-0.2, 0) is 7.05 Å². The van der Waals surface area contributed by atoms with E-state index in [1.165, 1.54) is 4.57 Å². The van der Waals surface area contributed by atoms with Crippen LogP contribution in [0.2, 0.25) is 0 Å². The molecule has 1 saturated heterocycles. The summed E-state index contributed by atoms with van der Waals surface area (Å²) in [6.07, 6.45) is 9.05. The van der Waals surface area contributed by atoms with Gasteiger partial charge in [0, 0.05) is 35.8 Å². The maximum atomic E-state index is 13.2. The molecule has 2 bridgehead atoms. The van der Waals surface area contributed by atoms with Crippen LogP contribution in [0.25, 0.3) is 10.4 Å². The van der Waals surface area contributed by atoms with E-state index < -0.39 is 0 Å². The predicted molar refractivity (Wildman–Crippen MR) is 91.7 cm³/mol. The number of carbonyl (C=O) groups excluding carboxylic acids is 1. The molecule has 2 atom stereocenters. The lowest BCUT2D eigenvalue weighted by molar-refractivity contribution is 0.0689. The molecule has 0 saturated carbocycles. The number of pyridine rings is 1. The fourth-order valence-electron chi connectivity index (χ4n) is 3.62. The van der Waals surface area contributed by atoms with E-state index in [1.54, 1.807) is 30.6 Å². The lowest BCUT2D eigenvalue weighted by Crippen LogP contribution is -2.42. The minimum atomic E-state index is -0.0912. The molecule has 118 valence electrons. The molecule has 5 heteroatoms. The first kappa shape index (κ1) is 14.5. The molecule has 2 aromatic heterocycles. The molecule has 23 heavy (non-hydrogen) atoms. The SMILES string of the molecule is Cn1cc(C(=O)N2C3C=CCC2CC3)c(-c2cccs2)cc1=O. The van der Waals surface area contributed by atoms with Gasteiger partial charge in [0.05, 0.1) is 11.6 Å². The summed E-state index contributed by atoms with van der Waals surface area (Å²) in [4.78, 5) is 28.3. The van der Waals surface area contributed by atoms with Gasteiger partial charge in [-0.3, -0.25) is 9.59 Å². The molecule has 2 unspecified atom stereocenters. The van der Waals surface area contributed by atoms with Crippen LogP contribution in [0.5, 0.6) is 0 Å². The van der Waals surface area contributed by atoms with Crippen LogP contribution in [0.3, 0.4) is 0 Å². The van der Waals surface area contributed by atoms with Crippen LogP contribution in [0, 0.1) is 0 Å². The molecule has 0 spiro atoms. The van der Waals surface area contributed by atoms with Crippen molar-refractivity contribution in [2.45, 2.75) is 31.3 Å². The molecule has 4 rings (SSSR count). The molecule has 4 nitrogen and oxygen atoms in total. The third kappa shape index (κ3) is 2.36. The Morgan fingerprint density at radius 3 is 2.96 bits per heavy atom. The second-order valence-corrected chi connectivity index (χ2v) is 7.15. The van der Waals surface area contributed by atoms with Crippen molar-refractivity contribution >= 4 is 17.2 Å². The summed E-state index contributed by atoms with van der Waals surface area (Å²) in [5.41, 5.74) is 1.29. The van der Waals surface area contributed by atoms with E-state index >= 15 is 0 Å². The van der Waals surface area contributed by atoms with Crippen LogP contribution in [0.4, 0.5) is 0 Å². The second-order valence-electron chi connectivity index (χ2n) is 6.20. The normalized spacial score (nSPS) is 22.6. The summed E-state index contributed by atoms with van der Waals surface area (Å²) in [6, 6.07) is 5.99. The number of rotatable bonds is 2. The van der Waals surface area contributed by atoms with E-state index in [0.29, 0.717) is 11.6 Å². The minimum absolute atomic E-state index is 0.0425. The molecular formula is C18H18N2O2S. The maximum Gasteiger partial charge on any atom is 0.256 e. The highest BCUT2D eigenvalue weighted by atomic mass is 32.1. The summed E-state index contributed by atoms with van der Waals surface area (Å²) in [6.45, 7) is 0. The number of hydrogen-bond acceptors (Lipinski definition) is 3. The summed E-state index contributed by atoms with van der Waals surface area (Å²) >= 11 is 1.55. The molecule has 2 aromatic rings. The molecule has 0 radical (unpaired) electrons. The van der Waals surface area contributed by atoms with Crippen molar-refractivity contribution < 1.29 is 4.79 Å². The monoisotopic (exact) mass is 326 g/mol. The van der Waals surface area contributed by atoms with Gasteiger partial charge in [-0.2, -0.15) is 0 Å². The zero-order valence-electron chi connectivity index (χ0n) is 12.9. The number of aromatic nitrogens is 1. The number of thiophene rings is 1. The molecule has 2 aliphatic rings. The largest absolute Gasteiger partial charge is 0.329 e. The summed E-state index contributed by atoms with van der Waals surface area (Å²) in [7, 11) is 1.70. The van der Waals surface area contributed by atoms with Crippen LogP contribution >= 0.6 is 11.3 Å². The van der Waals surface area contributed by atoms with Crippen molar-refractivity contribution in [3.8, 4) is 10.4 Å². The molecule has 0 N–H and O–H groups in total. The van der Waals surface area contributed by atoms with Gasteiger partial charge < -0.3 is 9.47 Å². The number of nitrogens with zero attached hydrogens (tertiary/aromatic N) is 2. The van der Waals surface area contributed by atoms with Gasteiger partial charge in [0.2, 0.25) is 0 Å². The Morgan fingerprint density at radius 1 is 1.35 bits per heavy atom. The molecule has 0 aliphatic carbocycles. The van der Waals surface area contributed by atoms with Crippen molar-refractivity contribution in [2.24, 2.45) is 7.05 Å². The van der Waals surface area contributed by atoms with Crippen molar-refractivity contribution in [1.82, 2.24) is 9.47 Å². The third-order valence-corrected chi connectivity index (χ3v) is 5.70. The predicted octanol–water partition coefficient (Wildman–Crippen LogP) is 3.05. The zero-order chi connectivity index (χ0) is 16.0. The summed E-state index contributed by atoms with van der Waals surface area (Å²) in [5, 5.41) is 1.97. The molecular weight excluding hydrogens is 308 g/mol. The number of aryl methyl sites for hydroxylation is 1. The smallest absolute Gasteiger partial charge is 0.256 e. The topological polar surface area (TPSA) is 42.3 Å². The molecule has 1 fully saturated rings. The quantitative estimate of drug-likeness (QED) is 0.796. The lowest BCUT2D eigenvalue weighted by Gasteiger charge is -2.32. The Bertz CT molecular complexity index is 835. The average molecular weight is 326 g/mol. The van der Waals surface area contributed by atoms with E-state index in [2.05, 4.69) is 12.2 Å². The van der Waals surface area contributed by atoms with Crippen LogP contribution in [-0.4, -0.2) is 27.5 Å². The number of hydrogen-bond donors (Lipinski definition) is 0. The van der Waals surface area contributed by atoms with Crippen molar-refractivity contribution in [2.75, 3.05) is 0 Å². The first-order chi connectivity index (χ1) is 11.1. The fourth-order valence-corrected chi connectivity index (χ4v) is 4.37. The first-order valence-corrected chi connectivity index (χ1v) is 8.77. The van der Waals surface area contributed by atoms with E-state index in [4.69, 9.17) is 0 Å². The van der Waals surface area contributed by atoms with Gasteiger partial charge in [-0.05, 0) is 30.7 Å². The Morgan fingerprint density at radius 2 is 2.22 bits per heavy atom. The van der Waals surface area contributed by atoms with Crippen LogP contribution in [0.1, 0.15) is 29.6 Å². The van der Waals surface area contributed by atoms with E-state index in [0.717, 1.165) is 29.7 Å². The molecule has 1 amide bonds. The van der Waals surface area contributed by atoms with Crippen molar-refractivity contribution in [1.29, 1.82) is 0 Å². The van der Waals surface area contributed by atoms with E-state index in [-0.39, 0.29) is 17.5 Å². The van der Waals surface area contributed by atoms with Crippen molar-refractivity contribution in [3.05, 3.63) is 57.8 Å². The summed E-state index contributed by atoms with van der Waals surface area (Å²) < 4.78 is 1.49. The van der Waals surface area contributed by atoms with Crippen LogP contribution in [0.15, 0.2) is 46.7 Å². The van der Waals surface area contributed by atoms with Gasteiger partial charge in [-0.15, -0.1) is 11.3 Å². The van der Waals surface area contributed by atoms with Gasteiger partial charge >= 0.3 is 0 Å². The minimum Gasteiger partial charge on any atom is -0.329 e. The summed E-state index contributed by atoms with van der Waals surface area (Å²) in [5.74, 6) is 0.0425. The van der Waals surface area contributed by atoms with Crippen molar-refractivity contribution in [3.63, 3.8) is 0 Å². The molecule has 4 heterocycles. The van der Waals surface area contributed by atoms with E-state index in [1.807, 2.05) is 22.4 Å². The fraction of sp³-hybridized carbons (Fsp3) is 0.333. The molecule has 2 aliphatic heterocycles. The molecule has 0 aromatic carbocycles. The van der Waals surface area contributed by atoms with Crippen LogP contribution < -0.4 is 5.56 Å². The lowest BCUT2D eigenvalue weighted by atomic mass is 10.0. The Hall–Kier alpha value is -2.14. The Labute approximate surface area is 138 Å². The number of fused-ring (bicyclic) bond motifs is 2. The van der Waals surface area contributed by atoms with Gasteiger partial charge in [0.25, 0.3) is 11.5 Å². The Kier molecular flexibility index (Phi) is 3.45.